The molecular formula is C18H30O5Si. The Morgan fingerprint density at radius 3 is 1.75 bits per heavy atom. The third-order valence-corrected chi connectivity index (χ3v) is 6.13. The molecule has 0 N–H and O–H groups in total. The normalized spacial score (nSPS) is 12.2. The van der Waals surface area contributed by atoms with Crippen LogP contribution >= 0.6 is 0 Å². The lowest BCUT2D eigenvalue weighted by molar-refractivity contribution is 0.00694. The molecule has 0 spiro atoms. The van der Waals surface area contributed by atoms with Crippen LogP contribution in [0.25, 0.3) is 0 Å². The van der Waals surface area contributed by atoms with Gasteiger partial charge in [-0.1, -0.05) is 12.1 Å². The number of hydrogen-bond donors (Lipinski definition) is 0. The summed E-state index contributed by atoms with van der Waals surface area (Å²) in [7, 11) is -2.74. The van der Waals surface area contributed by atoms with Crippen molar-refractivity contribution in [3.63, 3.8) is 0 Å². The molecule has 0 heterocycles. The molecule has 5 nitrogen and oxygen atoms in total. The van der Waals surface area contributed by atoms with Gasteiger partial charge in [-0.3, -0.25) is 0 Å². The molecule has 1 aromatic rings. The summed E-state index contributed by atoms with van der Waals surface area (Å²) in [6.07, 6.45) is 0. The van der Waals surface area contributed by atoms with Crippen LogP contribution in [-0.4, -0.2) is 40.2 Å². The van der Waals surface area contributed by atoms with Gasteiger partial charge >= 0.3 is 14.8 Å². The van der Waals surface area contributed by atoms with E-state index >= 15 is 0 Å². The van der Waals surface area contributed by atoms with Crippen molar-refractivity contribution < 1.29 is 22.8 Å². The minimum Gasteiger partial charge on any atom is -0.456 e. The Kier molecular flexibility index (Phi) is 8.09. The third-order valence-electron chi connectivity index (χ3n) is 3.10. The zero-order valence-corrected chi connectivity index (χ0v) is 16.7. The van der Waals surface area contributed by atoms with Crippen LogP contribution < -0.4 is 0 Å². The summed E-state index contributed by atoms with van der Waals surface area (Å²) in [5.41, 5.74) is 1.05. The average Bonchev–Trinajstić information content (AvgIpc) is 2.47. The minimum atomic E-state index is -2.74. The largest absolute Gasteiger partial charge is 0.505 e. The third kappa shape index (κ3) is 6.73. The van der Waals surface area contributed by atoms with E-state index in [1.165, 1.54) is 0 Å². The Morgan fingerprint density at radius 1 is 0.917 bits per heavy atom. The van der Waals surface area contributed by atoms with E-state index in [0.717, 1.165) is 5.56 Å². The van der Waals surface area contributed by atoms with Crippen LogP contribution in [0.5, 0.6) is 0 Å². The topological polar surface area (TPSA) is 54.0 Å². The molecule has 1 rings (SSSR count). The van der Waals surface area contributed by atoms with Crippen molar-refractivity contribution in [2.75, 3.05) is 19.8 Å². The van der Waals surface area contributed by atoms with Crippen molar-refractivity contribution >= 4 is 14.8 Å². The van der Waals surface area contributed by atoms with Gasteiger partial charge in [0.25, 0.3) is 0 Å². The van der Waals surface area contributed by atoms with Crippen molar-refractivity contribution in [2.45, 2.75) is 53.2 Å². The molecule has 1 aromatic carbocycles. The summed E-state index contributed by atoms with van der Waals surface area (Å²) in [4.78, 5) is 12.1. The fourth-order valence-corrected chi connectivity index (χ4v) is 4.89. The van der Waals surface area contributed by atoms with Crippen molar-refractivity contribution in [1.82, 2.24) is 0 Å². The molecule has 0 saturated heterocycles. The molecule has 0 unspecified atom stereocenters. The van der Waals surface area contributed by atoms with E-state index in [1.54, 1.807) is 12.1 Å². The minimum absolute atomic E-state index is 0.322. The summed E-state index contributed by atoms with van der Waals surface area (Å²) < 4.78 is 23.0. The highest BCUT2D eigenvalue weighted by molar-refractivity contribution is 6.60. The van der Waals surface area contributed by atoms with Crippen LogP contribution in [0.1, 0.15) is 57.5 Å². The van der Waals surface area contributed by atoms with E-state index in [0.29, 0.717) is 31.4 Å². The van der Waals surface area contributed by atoms with E-state index in [9.17, 15) is 4.79 Å². The molecule has 0 bridgehead atoms. The van der Waals surface area contributed by atoms with E-state index in [-0.39, 0.29) is 5.97 Å². The number of ether oxygens (including phenoxy) is 1. The molecule has 0 aliphatic carbocycles. The van der Waals surface area contributed by atoms with Crippen molar-refractivity contribution in [3.05, 3.63) is 35.4 Å². The average molecular weight is 355 g/mol. The second-order valence-corrected chi connectivity index (χ2v) is 8.94. The Labute approximate surface area is 146 Å². The molecule has 0 aliphatic heterocycles. The number of rotatable bonds is 9. The van der Waals surface area contributed by atoms with Gasteiger partial charge in [0.2, 0.25) is 0 Å². The maximum absolute atomic E-state index is 12.1. The molecule has 0 aromatic heterocycles. The first-order valence-corrected chi connectivity index (χ1v) is 10.4. The highest BCUT2D eigenvalue weighted by atomic mass is 28.4. The highest BCUT2D eigenvalue weighted by Crippen LogP contribution is 2.19. The summed E-state index contributed by atoms with van der Waals surface area (Å²) >= 11 is 0. The standard InChI is InChI=1S/C18H30O5Si/c1-7-20-24(21-8-2,22-9-3)14-15-10-12-16(13-11-15)17(19)23-18(4,5)6/h10-13H,7-9,14H2,1-6H3. The summed E-state index contributed by atoms with van der Waals surface area (Å²) in [5, 5.41) is 0. The Hall–Kier alpha value is -1.21. The van der Waals surface area contributed by atoms with Crippen LogP contribution in [0.3, 0.4) is 0 Å². The van der Waals surface area contributed by atoms with E-state index < -0.39 is 14.4 Å². The fraction of sp³-hybridized carbons (Fsp3) is 0.611. The molecule has 0 radical (unpaired) electrons. The number of benzene rings is 1. The lowest BCUT2D eigenvalue weighted by Crippen LogP contribution is -2.48. The molecular weight excluding hydrogens is 324 g/mol. The Bertz CT molecular complexity index is 490. The van der Waals surface area contributed by atoms with Gasteiger partial charge in [0, 0.05) is 25.9 Å². The molecule has 6 heteroatoms. The zero-order valence-electron chi connectivity index (χ0n) is 15.7. The van der Waals surface area contributed by atoms with Crippen molar-refractivity contribution in [3.8, 4) is 0 Å². The van der Waals surface area contributed by atoms with Crippen molar-refractivity contribution in [2.24, 2.45) is 0 Å². The molecule has 0 fully saturated rings. The molecule has 0 aliphatic rings. The smallest absolute Gasteiger partial charge is 0.456 e. The number of carbonyl (C=O) groups excluding carboxylic acids is 1. The Balaban J connectivity index is 2.88. The van der Waals surface area contributed by atoms with Crippen LogP contribution in [-0.2, 0) is 24.1 Å². The van der Waals surface area contributed by atoms with Gasteiger partial charge in [0.05, 0.1) is 5.56 Å². The monoisotopic (exact) mass is 354 g/mol. The second kappa shape index (κ2) is 9.32. The van der Waals surface area contributed by atoms with Crippen LogP contribution in [0.4, 0.5) is 0 Å². The highest BCUT2D eigenvalue weighted by Gasteiger charge is 2.40. The van der Waals surface area contributed by atoms with Crippen LogP contribution in [0.15, 0.2) is 24.3 Å². The zero-order chi connectivity index (χ0) is 18.2. The second-order valence-electron chi connectivity index (χ2n) is 6.36. The van der Waals surface area contributed by atoms with E-state index in [1.807, 2.05) is 53.7 Å². The molecule has 0 saturated carbocycles. The van der Waals surface area contributed by atoms with Gasteiger partial charge in [-0.05, 0) is 59.2 Å². The lowest BCUT2D eigenvalue weighted by atomic mass is 10.1. The van der Waals surface area contributed by atoms with E-state index in [2.05, 4.69) is 0 Å². The molecule has 24 heavy (non-hydrogen) atoms. The van der Waals surface area contributed by atoms with Crippen molar-refractivity contribution in [1.29, 1.82) is 0 Å². The molecule has 0 amide bonds. The predicted octanol–water partition coefficient (Wildman–Crippen LogP) is 3.77. The summed E-state index contributed by atoms with van der Waals surface area (Å²) in [6.45, 7) is 13.0. The number of esters is 1. The van der Waals surface area contributed by atoms with Gasteiger partial charge in [-0.2, -0.15) is 0 Å². The fourth-order valence-electron chi connectivity index (χ4n) is 2.28. The summed E-state index contributed by atoms with van der Waals surface area (Å²) in [5.74, 6) is -0.322. The van der Waals surface area contributed by atoms with Gasteiger partial charge in [-0.15, -0.1) is 0 Å². The van der Waals surface area contributed by atoms with Gasteiger partial charge in [0.1, 0.15) is 5.60 Å². The molecule has 136 valence electrons. The van der Waals surface area contributed by atoms with Gasteiger partial charge < -0.3 is 18.0 Å². The summed E-state index contributed by atoms with van der Waals surface area (Å²) in [6, 6.07) is 7.92. The van der Waals surface area contributed by atoms with Crippen LogP contribution in [0.2, 0.25) is 0 Å². The maximum Gasteiger partial charge on any atom is 0.505 e. The quantitative estimate of drug-likeness (QED) is 0.499. The number of hydrogen-bond acceptors (Lipinski definition) is 5. The Morgan fingerprint density at radius 2 is 1.38 bits per heavy atom. The SMILES string of the molecule is CCO[Si](Cc1ccc(C(=O)OC(C)(C)C)cc1)(OCC)OCC. The van der Waals surface area contributed by atoms with Gasteiger partial charge in [-0.25, -0.2) is 4.79 Å². The van der Waals surface area contributed by atoms with E-state index in [4.69, 9.17) is 18.0 Å². The van der Waals surface area contributed by atoms with Gasteiger partial charge in [0.15, 0.2) is 0 Å². The first-order valence-electron chi connectivity index (χ1n) is 8.49. The first kappa shape index (κ1) is 20.8. The maximum atomic E-state index is 12.1. The predicted molar refractivity (Wildman–Crippen MR) is 95.9 cm³/mol. The molecule has 0 atom stereocenters. The number of carbonyl (C=O) groups is 1. The first-order chi connectivity index (χ1) is 11.2. The van der Waals surface area contributed by atoms with Crippen LogP contribution in [0, 0.1) is 0 Å². The lowest BCUT2D eigenvalue weighted by Gasteiger charge is -2.28.